The van der Waals surface area contributed by atoms with Gasteiger partial charge >= 0.3 is 0 Å². The molecule has 0 bridgehead atoms. The number of aliphatic hydroxyl groups is 1. The Morgan fingerprint density at radius 2 is 2.55 bits per heavy atom. The Bertz CT molecular complexity index is 205. The van der Waals surface area contributed by atoms with E-state index in [-0.39, 0.29) is 11.9 Å². The zero-order valence-corrected chi connectivity index (χ0v) is 7.08. The smallest absolute Gasteiger partial charge is 0.116 e. The highest BCUT2D eigenvalue weighted by atomic mass is 32.2. The molecule has 0 aromatic carbocycles. The van der Waals surface area contributed by atoms with Gasteiger partial charge in [-0.25, -0.2) is 9.97 Å². The fourth-order valence-electron chi connectivity index (χ4n) is 0.592. The van der Waals surface area contributed by atoms with E-state index in [4.69, 9.17) is 5.11 Å². The van der Waals surface area contributed by atoms with Gasteiger partial charge in [-0.2, -0.15) is 0 Å². The van der Waals surface area contributed by atoms with Crippen LogP contribution < -0.4 is 0 Å². The van der Waals surface area contributed by atoms with E-state index in [9.17, 15) is 0 Å². The largest absolute Gasteiger partial charge is 0.395 e. The first-order chi connectivity index (χ1) is 5.33. The van der Waals surface area contributed by atoms with Gasteiger partial charge in [0.25, 0.3) is 0 Å². The Balaban J connectivity index is 2.51. The van der Waals surface area contributed by atoms with Gasteiger partial charge in [0.1, 0.15) is 6.33 Å². The monoisotopic (exact) mass is 170 g/mol. The molecule has 1 unspecified atom stereocenters. The number of hydrogen-bond acceptors (Lipinski definition) is 4. The highest BCUT2D eigenvalue weighted by Gasteiger charge is 2.01. The average Bonchev–Trinajstić information content (AvgIpc) is 2.06. The summed E-state index contributed by atoms with van der Waals surface area (Å²) < 4.78 is 0. The molecular weight excluding hydrogens is 160 g/mol. The second-order valence-electron chi connectivity index (χ2n) is 2.16. The summed E-state index contributed by atoms with van der Waals surface area (Å²) in [5, 5.41) is 9.84. The summed E-state index contributed by atoms with van der Waals surface area (Å²) in [4.78, 5) is 7.80. The van der Waals surface area contributed by atoms with Crippen molar-refractivity contribution in [3.05, 3.63) is 18.6 Å². The lowest BCUT2D eigenvalue weighted by atomic mass is 10.5. The van der Waals surface area contributed by atoms with E-state index in [1.165, 1.54) is 6.33 Å². The molecule has 0 aliphatic heterocycles. The lowest BCUT2D eigenvalue weighted by molar-refractivity contribution is 0.300. The molecule has 1 rings (SSSR count). The molecule has 0 saturated carbocycles. The Labute approximate surface area is 69.9 Å². The minimum absolute atomic E-state index is 0.175. The second kappa shape index (κ2) is 4.31. The fourth-order valence-corrected chi connectivity index (χ4v) is 1.33. The van der Waals surface area contributed by atoms with E-state index in [2.05, 4.69) is 9.97 Å². The molecule has 0 aliphatic rings. The van der Waals surface area contributed by atoms with Crippen molar-refractivity contribution < 1.29 is 5.11 Å². The number of hydrogen-bond donors (Lipinski definition) is 1. The van der Waals surface area contributed by atoms with Crippen molar-refractivity contribution in [1.82, 2.24) is 9.97 Å². The molecule has 1 heterocycles. The van der Waals surface area contributed by atoms with E-state index in [1.54, 1.807) is 18.0 Å². The fraction of sp³-hybridized carbons (Fsp3) is 0.429. The van der Waals surface area contributed by atoms with Crippen molar-refractivity contribution in [3.63, 3.8) is 0 Å². The maximum atomic E-state index is 8.73. The van der Waals surface area contributed by atoms with Crippen molar-refractivity contribution in [2.24, 2.45) is 0 Å². The summed E-state index contributed by atoms with van der Waals surface area (Å²) in [5.41, 5.74) is 0. The molecule has 0 spiro atoms. The van der Waals surface area contributed by atoms with Crippen LogP contribution in [0, 0.1) is 0 Å². The van der Waals surface area contributed by atoms with Crippen molar-refractivity contribution in [3.8, 4) is 0 Å². The molecule has 1 N–H and O–H groups in total. The highest BCUT2D eigenvalue weighted by molar-refractivity contribution is 7.99. The van der Waals surface area contributed by atoms with E-state index in [0.717, 1.165) is 5.03 Å². The van der Waals surface area contributed by atoms with E-state index in [0.29, 0.717) is 0 Å². The average molecular weight is 170 g/mol. The Kier molecular flexibility index (Phi) is 3.32. The van der Waals surface area contributed by atoms with Crippen molar-refractivity contribution in [1.29, 1.82) is 0 Å². The van der Waals surface area contributed by atoms with Crippen LogP contribution in [-0.2, 0) is 0 Å². The molecule has 1 aromatic rings. The lowest BCUT2D eigenvalue weighted by Crippen LogP contribution is -2.01. The predicted octanol–water partition coefficient (Wildman–Crippen LogP) is 0.950. The minimum Gasteiger partial charge on any atom is -0.395 e. The van der Waals surface area contributed by atoms with Gasteiger partial charge in [0.05, 0.1) is 11.6 Å². The Hall–Kier alpha value is -0.610. The molecule has 4 heteroatoms. The van der Waals surface area contributed by atoms with Crippen LogP contribution in [0.25, 0.3) is 0 Å². The van der Waals surface area contributed by atoms with Crippen LogP contribution in [0.15, 0.2) is 23.6 Å². The maximum absolute atomic E-state index is 8.73. The van der Waals surface area contributed by atoms with Crippen LogP contribution in [0.2, 0.25) is 0 Å². The van der Waals surface area contributed by atoms with Gasteiger partial charge in [0, 0.05) is 11.4 Å². The van der Waals surface area contributed by atoms with Gasteiger partial charge in [0.2, 0.25) is 0 Å². The number of rotatable bonds is 3. The predicted molar refractivity (Wildman–Crippen MR) is 44.4 cm³/mol. The van der Waals surface area contributed by atoms with Gasteiger partial charge in [0.15, 0.2) is 0 Å². The molecule has 0 aliphatic carbocycles. The highest BCUT2D eigenvalue weighted by Crippen LogP contribution is 2.18. The van der Waals surface area contributed by atoms with Crippen molar-refractivity contribution >= 4 is 11.8 Å². The first kappa shape index (κ1) is 8.49. The van der Waals surface area contributed by atoms with E-state index < -0.39 is 0 Å². The third-order valence-electron chi connectivity index (χ3n) is 1.13. The minimum atomic E-state index is 0.175. The van der Waals surface area contributed by atoms with Crippen LogP contribution in [0.5, 0.6) is 0 Å². The third kappa shape index (κ3) is 2.86. The molecule has 1 aromatic heterocycles. The summed E-state index contributed by atoms with van der Waals surface area (Å²) in [6.45, 7) is 2.13. The Morgan fingerprint density at radius 3 is 3.09 bits per heavy atom. The van der Waals surface area contributed by atoms with Gasteiger partial charge < -0.3 is 5.11 Å². The first-order valence-corrected chi connectivity index (χ1v) is 4.24. The number of aliphatic hydroxyl groups excluding tert-OH is 1. The molecule has 0 amide bonds. The molecule has 0 saturated heterocycles. The van der Waals surface area contributed by atoms with Crippen LogP contribution in [0.3, 0.4) is 0 Å². The number of thioether (sulfide) groups is 1. The first-order valence-electron chi connectivity index (χ1n) is 3.36. The quantitative estimate of drug-likeness (QED) is 0.542. The van der Waals surface area contributed by atoms with Gasteiger partial charge in [-0.3, -0.25) is 0 Å². The maximum Gasteiger partial charge on any atom is 0.116 e. The summed E-state index contributed by atoms with van der Waals surface area (Å²) >= 11 is 1.54. The summed E-state index contributed by atoms with van der Waals surface area (Å²) in [6.07, 6.45) is 3.20. The zero-order valence-electron chi connectivity index (χ0n) is 6.27. The summed E-state index contributed by atoms with van der Waals surface area (Å²) in [6, 6.07) is 1.83. The topological polar surface area (TPSA) is 46.0 Å². The van der Waals surface area contributed by atoms with Crippen LogP contribution in [0.1, 0.15) is 6.92 Å². The third-order valence-corrected chi connectivity index (χ3v) is 2.17. The van der Waals surface area contributed by atoms with E-state index >= 15 is 0 Å². The van der Waals surface area contributed by atoms with Gasteiger partial charge in [-0.05, 0) is 6.07 Å². The molecule has 11 heavy (non-hydrogen) atoms. The molecule has 3 nitrogen and oxygen atoms in total. The molecular formula is C7H10N2OS. The normalized spacial score (nSPS) is 12.9. The van der Waals surface area contributed by atoms with Crippen molar-refractivity contribution in [2.75, 3.05) is 6.61 Å². The summed E-state index contributed by atoms with van der Waals surface area (Å²) in [5.74, 6) is 0. The molecule has 0 radical (unpaired) electrons. The zero-order chi connectivity index (χ0) is 8.10. The second-order valence-corrected chi connectivity index (χ2v) is 3.62. The SMILES string of the molecule is CC(CO)Sc1ccncn1. The molecule has 60 valence electrons. The van der Waals surface area contributed by atoms with Crippen molar-refractivity contribution in [2.45, 2.75) is 17.2 Å². The molecule has 1 atom stereocenters. The molecule has 0 fully saturated rings. The van der Waals surface area contributed by atoms with Gasteiger partial charge in [-0.15, -0.1) is 11.8 Å². The lowest BCUT2D eigenvalue weighted by Gasteiger charge is -2.04. The van der Waals surface area contributed by atoms with Crippen LogP contribution in [0.4, 0.5) is 0 Å². The van der Waals surface area contributed by atoms with E-state index in [1.807, 2.05) is 13.0 Å². The van der Waals surface area contributed by atoms with Crippen LogP contribution >= 0.6 is 11.8 Å². The standard InChI is InChI=1S/C7H10N2OS/c1-6(4-10)11-7-2-3-8-5-9-7/h2-3,5-6,10H,4H2,1H3. The van der Waals surface area contributed by atoms with Gasteiger partial charge in [-0.1, -0.05) is 6.92 Å². The van der Waals surface area contributed by atoms with Crippen LogP contribution in [-0.4, -0.2) is 26.9 Å². The summed E-state index contributed by atoms with van der Waals surface area (Å²) in [7, 11) is 0. The Morgan fingerprint density at radius 1 is 1.73 bits per heavy atom. The number of nitrogens with zero attached hydrogens (tertiary/aromatic N) is 2. The number of aromatic nitrogens is 2.